The van der Waals surface area contributed by atoms with Crippen molar-refractivity contribution in [2.45, 2.75) is 19.3 Å². The van der Waals surface area contributed by atoms with Gasteiger partial charge in [-0.2, -0.15) is 0 Å². The second-order valence-electron chi connectivity index (χ2n) is 7.74. The van der Waals surface area contributed by atoms with Gasteiger partial charge in [-0.3, -0.25) is 9.59 Å². The SMILES string of the molecule is O=C(NCCC(=O)N1CCN(c2ncccn2)CC1)Nc1ccc(N2CCCC2=O)cc1. The van der Waals surface area contributed by atoms with Crippen molar-refractivity contribution in [3.63, 3.8) is 0 Å². The van der Waals surface area contributed by atoms with E-state index in [4.69, 9.17) is 0 Å². The predicted octanol–water partition coefficient (Wildman–Crippen LogP) is 1.46. The van der Waals surface area contributed by atoms with Crippen LogP contribution in [0.4, 0.5) is 22.1 Å². The number of urea groups is 1. The van der Waals surface area contributed by atoms with Gasteiger partial charge in [0.25, 0.3) is 0 Å². The maximum absolute atomic E-state index is 12.4. The number of piperazine rings is 1. The fourth-order valence-corrected chi connectivity index (χ4v) is 3.87. The number of aromatic nitrogens is 2. The van der Waals surface area contributed by atoms with Gasteiger partial charge in [0.2, 0.25) is 17.8 Å². The molecular formula is C22H27N7O3. The van der Waals surface area contributed by atoms with Gasteiger partial charge in [-0.1, -0.05) is 0 Å². The summed E-state index contributed by atoms with van der Waals surface area (Å²) in [6, 6.07) is 8.58. The zero-order valence-electron chi connectivity index (χ0n) is 17.9. The average molecular weight is 438 g/mol. The van der Waals surface area contributed by atoms with Gasteiger partial charge in [0.15, 0.2) is 0 Å². The Morgan fingerprint density at radius 3 is 2.34 bits per heavy atom. The van der Waals surface area contributed by atoms with Crippen LogP contribution in [0.25, 0.3) is 0 Å². The Bertz CT molecular complexity index is 944. The molecule has 168 valence electrons. The summed E-state index contributed by atoms with van der Waals surface area (Å²) in [6.07, 6.45) is 5.11. The molecular weight excluding hydrogens is 410 g/mol. The number of carbonyl (C=O) groups is 3. The molecule has 4 amide bonds. The highest BCUT2D eigenvalue weighted by atomic mass is 16.2. The minimum Gasteiger partial charge on any atom is -0.339 e. The molecule has 2 N–H and O–H groups in total. The van der Waals surface area contributed by atoms with Gasteiger partial charge < -0.3 is 25.3 Å². The van der Waals surface area contributed by atoms with Crippen LogP contribution in [0.15, 0.2) is 42.7 Å². The van der Waals surface area contributed by atoms with Crippen molar-refractivity contribution in [3.05, 3.63) is 42.7 Å². The quantitative estimate of drug-likeness (QED) is 0.708. The molecule has 1 aromatic heterocycles. The Labute approximate surface area is 186 Å². The van der Waals surface area contributed by atoms with Gasteiger partial charge >= 0.3 is 6.03 Å². The van der Waals surface area contributed by atoms with Crippen molar-refractivity contribution in [2.24, 2.45) is 0 Å². The number of anilines is 3. The number of hydrogen-bond acceptors (Lipinski definition) is 6. The molecule has 10 heteroatoms. The van der Waals surface area contributed by atoms with E-state index >= 15 is 0 Å². The summed E-state index contributed by atoms with van der Waals surface area (Å²) in [5.74, 6) is 0.819. The molecule has 0 spiro atoms. The van der Waals surface area contributed by atoms with Crippen LogP contribution in [0.3, 0.4) is 0 Å². The highest BCUT2D eigenvalue weighted by Crippen LogP contribution is 2.23. The number of nitrogens with one attached hydrogen (secondary N) is 2. The molecule has 2 aliphatic heterocycles. The lowest BCUT2D eigenvalue weighted by Gasteiger charge is -2.34. The first-order valence-corrected chi connectivity index (χ1v) is 10.9. The summed E-state index contributed by atoms with van der Waals surface area (Å²) >= 11 is 0. The molecule has 2 aromatic rings. The van der Waals surface area contributed by atoms with Crippen molar-refractivity contribution in [1.82, 2.24) is 20.2 Å². The number of hydrogen-bond donors (Lipinski definition) is 2. The highest BCUT2D eigenvalue weighted by molar-refractivity contribution is 5.96. The summed E-state index contributed by atoms with van der Waals surface area (Å²) in [5.41, 5.74) is 1.46. The molecule has 2 saturated heterocycles. The van der Waals surface area contributed by atoms with Crippen LogP contribution in [-0.4, -0.2) is 72.0 Å². The van der Waals surface area contributed by atoms with Gasteiger partial charge in [0.05, 0.1) is 0 Å². The molecule has 2 fully saturated rings. The Hall–Kier alpha value is -3.69. The van der Waals surface area contributed by atoms with Gasteiger partial charge in [-0.05, 0) is 36.8 Å². The molecule has 0 aliphatic carbocycles. The molecule has 10 nitrogen and oxygen atoms in total. The number of amides is 4. The zero-order valence-corrected chi connectivity index (χ0v) is 17.9. The molecule has 0 unspecified atom stereocenters. The molecule has 1 aromatic carbocycles. The third-order valence-corrected chi connectivity index (χ3v) is 5.60. The van der Waals surface area contributed by atoms with Crippen LogP contribution in [0.5, 0.6) is 0 Å². The monoisotopic (exact) mass is 437 g/mol. The molecule has 0 saturated carbocycles. The van der Waals surface area contributed by atoms with Crippen molar-refractivity contribution in [1.29, 1.82) is 0 Å². The molecule has 0 bridgehead atoms. The molecule has 3 heterocycles. The maximum Gasteiger partial charge on any atom is 0.319 e. The van der Waals surface area contributed by atoms with Gasteiger partial charge in [0, 0.05) is 75.9 Å². The maximum atomic E-state index is 12.4. The van der Waals surface area contributed by atoms with Crippen LogP contribution in [0, 0.1) is 0 Å². The van der Waals surface area contributed by atoms with E-state index in [0.717, 1.165) is 18.7 Å². The predicted molar refractivity (Wildman–Crippen MR) is 120 cm³/mol. The molecule has 32 heavy (non-hydrogen) atoms. The van der Waals surface area contributed by atoms with Crippen LogP contribution in [0.2, 0.25) is 0 Å². The lowest BCUT2D eigenvalue weighted by Crippen LogP contribution is -2.49. The third kappa shape index (κ3) is 5.32. The Morgan fingerprint density at radius 1 is 0.969 bits per heavy atom. The third-order valence-electron chi connectivity index (χ3n) is 5.60. The second kappa shape index (κ2) is 10.1. The number of rotatable bonds is 6. The van der Waals surface area contributed by atoms with E-state index in [1.165, 1.54) is 0 Å². The Kier molecular flexibility index (Phi) is 6.78. The summed E-state index contributed by atoms with van der Waals surface area (Å²) in [5, 5.41) is 5.47. The Morgan fingerprint density at radius 2 is 1.69 bits per heavy atom. The van der Waals surface area contributed by atoms with Crippen molar-refractivity contribution < 1.29 is 14.4 Å². The first-order valence-electron chi connectivity index (χ1n) is 10.9. The van der Waals surface area contributed by atoms with Crippen molar-refractivity contribution in [3.8, 4) is 0 Å². The second-order valence-corrected chi connectivity index (χ2v) is 7.74. The smallest absolute Gasteiger partial charge is 0.319 e. The first-order chi connectivity index (χ1) is 15.6. The van der Waals surface area contributed by atoms with E-state index in [-0.39, 0.29) is 30.8 Å². The van der Waals surface area contributed by atoms with Gasteiger partial charge in [0.1, 0.15) is 0 Å². The fourth-order valence-electron chi connectivity index (χ4n) is 3.87. The van der Waals surface area contributed by atoms with E-state index in [0.29, 0.717) is 44.2 Å². The van der Waals surface area contributed by atoms with E-state index in [1.54, 1.807) is 40.4 Å². The number of nitrogens with zero attached hydrogens (tertiary/aromatic N) is 5. The van der Waals surface area contributed by atoms with E-state index in [9.17, 15) is 14.4 Å². The Balaban J connectivity index is 1.16. The fraction of sp³-hybridized carbons (Fsp3) is 0.409. The molecule has 2 aliphatic rings. The molecule has 0 radical (unpaired) electrons. The average Bonchev–Trinajstić information content (AvgIpc) is 3.26. The normalized spacial score (nSPS) is 16.2. The minimum absolute atomic E-state index is 0.0126. The van der Waals surface area contributed by atoms with Crippen molar-refractivity contribution >= 4 is 35.2 Å². The van der Waals surface area contributed by atoms with Crippen molar-refractivity contribution in [2.75, 3.05) is 54.4 Å². The van der Waals surface area contributed by atoms with E-state index < -0.39 is 0 Å². The largest absolute Gasteiger partial charge is 0.339 e. The topological polar surface area (TPSA) is 111 Å². The zero-order chi connectivity index (χ0) is 22.3. The standard InChI is InChI=1S/C22H27N7O3/c30-19(27-13-15-28(16-14-27)21-23-9-2-10-24-21)8-11-25-22(32)26-17-4-6-18(7-5-17)29-12-1-3-20(29)31/h2,4-7,9-10H,1,3,8,11-16H2,(H2,25,26,32). The summed E-state index contributed by atoms with van der Waals surface area (Å²) in [7, 11) is 0. The van der Waals surface area contributed by atoms with Crippen LogP contribution in [0.1, 0.15) is 19.3 Å². The first kappa shape index (κ1) is 21.5. The molecule has 4 rings (SSSR count). The number of benzene rings is 1. The van der Waals surface area contributed by atoms with Crippen LogP contribution < -0.4 is 20.4 Å². The lowest BCUT2D eigenvalue weighted by molar-refractivity contribution is -0.131. The van der Waals surface area contributed by atoms with Crippen LogP contribution >= 0.6 is 0 Å². The summed E-state index contributed by atoms with van der Waals surface area (Å²) in [6.45, 7) is 3.57. The van der Waals surface area contributed by atoms with Crippen LogP contribution in [-0.2, 0) is 9.59 Å². The minimum atomic E-state index is -0.367. The molecule has 0 atom stereocenters. The number of carbonyl (C=O) groups excluding carboxylic acids is 3. The van der Waals surface area contributed by atoms with E-state index in [2.05, 4.69) is 25.5 Å². The van der Waals surface area contributed by atoms with E-state index in [1.807, 2.05) is 12.1 Å². The summed E-state index contributed by atoms with van der Waals surface area (Å²) < 4.78 is 0. The van der Waals surface area contributed by atoms with Gasteiger partial charge in [-0.25, -0.2) is 14.8 Å². The van der Waals surface area contributed by atoms with Gasteiger partial charge in [-0.15, -0.1) is 0 Å². The highest BCUT2D eigenvalue weighted by Gasteiger charge is 2.23. The lowest BCUT2D eigenvalue weighted by atomic mass is 10.2. The summed E-state index contributed by atoms with van der Waals surface area (Å²) in [4.78, 5) is 50.5.